The molecule has 2 aromatic heterocycles. The van der Waals surface area contributed by atoms with Gasteiger partial charge in [-0.2, -0.15) is 0 Å². The molecule has 4 heterocycles. The Hall–Kier alpha value is -3.62. The Bertz CT molecular complexity index is 1180. The van der Waals surface area contributed by atoms with E-state index in [1.54, 1.807) is 16.7 Å². The Morgan fingerprint density at radius 1 is 1.12 bits per heavy atom. The number of amides is 2. The van der Waals surface area contributed by atoms with Crippen molar-refractivity contribution in [2.24, 2.45) is 0 Å². The molecule has 2 amide bonds. The third-order valence-corrected chi connectivity index (χ3v) is 6.21. The number of piperidine rings is 1. The fraction of sp³-hybridized carbons (Fsp3) is 0.391. The number of aromatic nitrogens is 4. The fourth-order valence-corrected chi connectivity index (χ4v) is 4.46. The lowest BCUT2D eigenvalue weighted by molar-refractivity contribution is -0.117. The van der Waals surface area contributed by atoms with Crippen LogP contribution in [0.3, 0.4) is 0 Å². The highest BCUT2D eigenvalue weighted by Gasteiger charge is 2.34. The predicted molar refractivity (Wildman–Crippen MR) is 115 cm³/mol. The normalized spacial score (nSPS) is 18.2. The van der Waals surface area contributed by atoms with Gasteiger partial charge in [-0.1, -0.05) is 35.5 Å². The molecule has 9 heteroatoms. The minimum absolute atomic E-state index is 0.00820. The number of rotatable bonds is 4. The number of anilines is 1. The average molecular weight is 432 g/mol. The summed E-state index contributed by atoms with van der Waals surface area (Å²) in [6.45, 7) is 5.26. The number of likely N-dealkylation sites (tertiary alicyclic amines) is 1. The smallest absolute Gasteiger partial charge is 0.278 e. The number of hydrogen-bond donors (Lipinski definition) is 0. The van der Waals surface area contributed by atoms with Crippen LogP contribution in [0.1, 0.15) is 57.6 Å². The molecule has 0 spiro atoms. The molecule has 1 atom stereocenters. The largest absolute Gasteiger partial charge is 0.336 e. The first-order valence-corrected chi connectivity index (χ1v) is 10.8. The summed E-state index contributed by atoms with van der Waals surface area (Å²) in [5, 5.41) is 7.47. The average Bonchev–Trinajstić information content (AvgIpc) is 3.37. The van der Waals surface area contributed by atoms with Gasteiger partial charge in [0.1, 0.15) is 17.3 Å². The lowest BCUT2D eigenvalue weighted by Gasteiger charge is -2.32. The van der Waals surface area contributed by atoms with Crippen molar-refractivity contribution in [1.29, 1.82) is 0 Å². The van der Waals surface area contributed by atoms with Gasteiger partial charge in [0, 0.05) is 30.3 Å². The molecule has 0 unspecified atom stereocenters. The molecule has 1 saturated heterocycles. The van der Waals surface area contributed by atoms with Crippen LogP contribution in [0.2, 0.25) is 0 Å². The van der Waals surface area contributed by atoms with Gasteiger partial charge in [0.05, 0.1) is 13.0 Å². The van der Waals surface area contributed by atoms with Crippen molar-refractivity contribution in [1.82, 2.24) is 25.2 Å². The highest BCUT2D eigenvalue weighted by atomic mass is 16.6. The van der Waals surface area contributed by atoms with Crippen LogP contribution in [0.4, 0.5) is 5.82 Å². The summed E-state index contributed by atoms with van der Waals surface area (Å²) in [5.74, 6) is 1.22. The molecule has 164 valence electrons. The number of benzene rings is 1. The summed E-state index contributed by atoms with van der Waals surface area (Å²) < 4.78 is 4.70. The van der Waals surface area contributed by atoms with Crippen LogP contribution in [0.5, 0.6) is 0 Å². The molecule has 1 aromatic carbocycles. The van der Waals surface area contributed by atoms with Crippen LogP contribution in [0.15, 0.2) is 35.0 Å². The molecule has 1 fully saturated rings. The minimum Gasteiger partial charge on any atom is -0.336 e. The van der Waals surface area contributed by atoms with Gasteiger partial charge in [0.15, 0.2) is 5.69 Å². The standard InChI is InChI=1S/C23H24N6O3/c1-14-18-11-19(30)29(12-16-7-4-3-5-8-16)22(18)25-21(24-14)17-9-6-10-28(13-17)23(31)20-15(2)26-32-27-20/h3-5,7-8,17H,6,9-13H2,1-2H3/t17-/m0/s1. The highest BCUT2D eigenvalue weighted by Crippen LogP contribution is 2.33. The third kappa shape index (κ3) is 3.63. The first-order valence-electron chi connectivity index (χ1n) is 10.8. The van der Waals surface area contributed by atoms with Gasteiger partial charge in [-0.15, -0.1) is 0 Å². The van der Waals surface area contributed by atoms with E-state index >= 15 is 0 Å². The highest BCUT2D eigenvalue weighted by molar-refractivity contribution is 6.00. The molecular formula is C23H24N6O3. The Balaban J connectivity index is 1.41. The van der Waals surface area contributed by atoms with Crippen LogP contribution >= 0.6 is 0 Å². The molecular weight excluding hydrogens is 408 g/mol. The maximum atomic E-state index is 12.9. The van der Waals surface area contributed by atoms with Crippen molar-refractivity contribution in [3.63, 3.8) is 0 Å². The maximum absolute atomic E-state index is 12.9. The summed E-state index contributed by atoms with van der Waals surface area (Å²) in [7, 11) is 0. The number of carbonyl (C=O) groups excluding carboxylic acids is 2. The van der Waals surface area contributed by atoms with Crippen LogP contribution < -0.4 is 4.90 Å². The zero-order valence-corrected chi connectivity index (χ0v) is 18.1. The summed E-state index contributed by atoms with van der Waals surface area (Å²) in [6, 6.07) is 9.90. The van der Waals surface area contributed by atoms with Crippen molar-refractivity contribution in [3.05, 3.63) is 64.4 Å². The molecule has 2 aliphatic heterocycles. The second-order valence-electron chi connectivity index (χ2n) is 8.40. The van der Waals surface area contributed by atoms with Gasteiger partial charge in [0.2, 0.25) is 5.91 Å². The van der Waals surface area contributed by atoms with Gasteiger partial charge in [0.25, 0.3) is 5.91 Å². The van der Waals surface area contributed by atoms with Crippen molar-refractivity contribution >= 4 is 17.6 Å². The van der Waals surface area contributed by atoms with Crippen molar-refractivity contribution in [2.75, 3.05) is 18.0 Å². The van der Waals surface area contributed by atoms with Crippen LogP contribution in [-0.2, 0) is 17.8 Å². The van der Waals surface area contributed by atoms with Crippen LogP contribution in [0.25, 0.3) is 0 Å². The maximum Gasteiger partial charge on any atom is 0.278 e. The third-order valence-electron chi connectivity index (χ3n) is 6.21. The molecule has 9 nitrogen and oxygen atoms in total. The van der Waals surface area contributed by atoms with E-state index in [1.807, 2.05) is 37.3 Å². The van der Waals surface area contributed by atoms with Gasteiger partial charge < -0.3 is 4.90 Å². The van der Waals surface area contributed by atoms with Crippen LogP contribution in [-0.4, -0.2) is 50.1 Å². The zero-order chi connectivity index (χ0) is 22.2. The van der Waals surface area contributed by atoms with E-state index in [9.17, 15) is 9.59 Å². The molecule has 0 aliphatic carbocycles. The molecule has 3 aromatic rings. The summed E-state index contributed by atoms with van der Waals surface area (Å²) in [6.07, 6.45) is 2.04. The summed E-state index contributed by atoms with van der Waals surface area (Å²) in [4.78, 5) is 38.8. The molecule has 32 heavy (non-hydrogen) atoms. The first-order chi connectivity index (χ1) is 15.5. The first kappa shape index (κ1) is 20.3. The van der Waals surface area contributed by atoms with E-state index in [0.717, 1.165) is 29.7 Å². The van der Waals surface area contributed by atoms with E-state index < -0.39 is 0 Å². The predicted octanol–water partition coefficient (Wildman–Crippen LogP) is 2.59. The Morgan fingerprint density at radius 3 is 2.69 bits per heavy atom. The lowest BCUT2D eigenvalue weighted by Crippen LogP contribution is -2.40. The second kappa shape index (κ2) is 8.14. The van der Waals surface area contributed by atoms with Gasteiger partial charge in [-0.05, 0) is 37.4 Å². The monoisotopic (exact) mass is 432 g/mol. The SMILES string of the molecule is Cc1nonc1C(=O)N1CCC[C@H](c2nc(C)c3c(n2)N(Cc2ccccc2)C(=O)C3)C1. The molecule has 0 saturated carbocycles. The number of fused-ring (bicyclic) bond motifs is 1. The zero-order valence-electron chi connectivity index (χ0n) is 18.1. The van der Waals surface area contributed by atoms with E-state index in [4.69, 9.17) is 14.6 Å². The Labute approximate surface area is 185 Å². The molecule has 0 bridgehead atoms. The minimum atomic E-state index is -0.188. The number of hydrogen-bond acceptors (Lipinski definition) is 7. The Morgan fingerprint density at radius 2 is 1.94 bits per heavy atom. The van der Waals surface area contributed by atoms with Crippen molar-refractivity contribution < 1.29 is 14.2 Å². The van der Waals surface area contributed by atoms with E-state index in [1.165, 1.54) is 0 Å². The quantitative estimate of drug-likeness (QED) is 0.624. The van der Waals surface area contributed by atoms with E-state index in [0.29, 0.717) is 43.4 Å². The molecule has 0 radical (unpaired) electrons. The topological polar surface area (TPSA) is 105 Å². The lowest BCUT2D eigenvalue weighted by atomic mass is 9.96. The fourth-order valence-electron chi connectivity index (χ4n) is 4.46. The van der Waals surface area contributed by atoms with Crippen LogP contribution in [0, 0.1) is 13.8 Å². The van der Waals surface area contributed by atoms with Crippen molar-refractivity contribution in [3.8, 4) is 0 Å². The van der Waals surface area contributed by atoms with Gasteiger partial charge in [-0.25, -0.2) is 14.6 Å². The number of aryl methyl sites for hydroxylation is 2. The number of carbonyl (C=O) groups is 2. The molecule has 0 N–H and O–H groups in total. The van der Waals surface area contributed by atoms with Crippen molar-refractivity contribution in [2.45, 2.75) is 45.6 Å². The Kier molecular flexibility index (Phi) is 5.16. The summed E-state index contributed by atoms with van der Waals surface area (Å²) in [5.41, 5.74) is 3.50. The molecule has 5 rings (SSSR count). The number of nitrogens with zero attached hydrogens (tertiary/aromatic N) is 6. The summed E-state index contributed by atoms with van der Waals surface area (Å²) >= 11 is 0. The van der Waals surface area contributed by atoms with E-state index in [-0.39, 0.29) is 23.4 Å². The molecule has 2 aliphatic rings. The van der Waals surface area contributed by atoms with E-state index in [2.05, 4.69) is 10.3 Å². The second-order valence-corrected chi connectivity index (χ2v) is 8.40. The van der Waals surface area contributed by atoms with Gasteiger partial charge >= 0.3 is 0 Å². The van der Waals surface area contributed by atoms with Gasteiger partial charge in [-0.3, -0.25) is 14.5 Å².